The van der Waals surface area contributed by atoms with Crippen molar-refractivity contribution in [2.75, 3.05) is 13.7 Å². The van der Waals surface area contributed by atoms with Crippen molar-refractivity contribution in [3.05, 3.63) is 0 Å². The molecular weight excluding hydrogens is 172 g/mol. The van der Waals surface area contributed by atoms with Crippen molar-refractivity contribution >= 4 is 5.97 Å². The molecule has 3 atom stereocenters. The Morgan fingerprint density at radius 2 is 2.38 bits per heavy atom. The number of hydrogen-bond donors (Lipinski definition) is 1. The summed E-state index contributed by atoms with van der Waals surface area (Å²) >= 11 is 0. The van der Waals surface area contributed by atoms with Crippen molar-refractivity contribution in [1.82, 2.24) is 0 Å². The zero-order valence-corrected chi connectivity index (χ0v) is 8.03. The largest absolute Gasteiger partial charge is 0.469 e. The molecule has 1 heterocycles. The summed E-state index contributed by atoms with van der Waals surface area (Å²) in [6.45, 7) is 1.82. The van der Waals surface area contributed by atoms with Gasteiger partial charge in [0.2, 0.25) is 0 Å². The molecule has 0 aromatic heterocycles. The second-order valence-electron chi connectivity index (χ2n) is 3.37. The average molecular weight is 188 g/mol. The van der Waals surface area contributed by atoms with Crippen LogP contribution in [0.1, 0.15) is 19.8 Å². The number of methoxy groups -OCH3 is 1. The normalized spacial score (nSPS) is 30.1. The van der Waals surface area contributed by atoms with E-state index in [1.807, 2.05) is 0 Å². The number of aliphatic hydroxyl groups excluding tert-OH is 1. The molecule has 0 spiro atoms. The van der Waals surface area contributed by atoms with Crippen LogP contribution in [0.3, 0.4) is 0 Å². The first-order valence-electron chi connectivity index (χ1n) is 4.53. The Bertz CT molecular complexity index is 180. The van der Waals surface area contributed by atoms with Gasteiger partial charge in [0.05, 0.1) is 31.8 Å². The Morgan fingerprint density at radius 1 is 1.69 bits per heavy atom. The van der Waals surface area contributed by atoms with Gasteiger partial charge in [0.1, 0.15) is 0 Å². The van der Waals surface area contributed by atoms with Gasteiger partial charge in [-0.1, -0.05) is 0 Å². The van der Waals surface area contributed by atoms with E-state index < -0.39 is 0 Å². The van der Waals surface area contributed by atoms with Gasteiger partial charge in [-0.3, -0.25) is 4.79 Å². The van der Waals surface area contributed by atoms with Gasteiger partial charge < -0.3 is 14.6 Å². The molecule has 0 aromatic carbocycles. The molecule has 4 heteroatoms. The van der Waals surface area contributed by atoms with Gasteiger partial charge >= 0.3 is 5.97 Å². The van der Waals surface area contributed by atoms with E-state index in [0.29, 0.717) is 0 Å². The van der Waals surface area contributed by atoms with Gasteiger partial charge in [0, 0.05) is 0 Å². The average Bonchev–Trinajstić information content (AvgIpc) is 2.63. The standard InChI is InChI=1S/C9H16O4/c1-6(9(11)12-2)8-4-3-7(5-10)13-8/h6-8,10H,3-5H2,1-2H3/t6-,7-,8-/m0/s1. The maximum atomic E-state index is 11.1. The number of carbonyl (C=O) groups excluding carboxylic acids is 1. The van der Waals surface area contributed by atoms with Gasteiger partial charge in [-0.25, -0.2) is 0 Å². The van der Waals surface area contributed by atoms with Crippen LogP contribution < -0.4 is 0 Å². The molecule has 13 heavy (non-hydrogen) atoms. The molecule has 0 bridgehead atoms. The first-order chi connectivity index (χ1) is 6.19. The highest BCUT2D eigenvalue weighted by Crippen LogP contribution is 2.25. The smallest absolute Gasteiger partial charge is 0.311 e. The van der Waals surface area contributed by atoms with Crippen molar-refractivity contribution in [3.8, 4) is 0 Å². The summed E-state index contributed by atoms with van der Waals surface area (Å²) in [5.41, 5.74) is 0. The van der Waals surface area contributed by atoms with Crippen LogP contribution >= 0.6 is 0 Å². The van der Waals surface area contributed by atoms with Crippen LogP contribution in [-0.4, -0.2) is 37.0 Å². The SMILES string of the molecule is COC(=O)[C@@H](C)[C@@H]1CC[C@@H](CO)O1. The van der Waals surface area contributed by atoms with E-state index in [1.54, 1.807) is 6.92 Å². The van der Waals surface area contributed by atoms with E-state index in [-0.39, 0.29) is 30.7 Å². The summed E-state index contributed by atoms with van der Waals surface area (Å²) in [4.78, 5) is 11.1. The molecule has 4 nitrogen and oxygen atoms in total. The number of esters is 1. The molecule has 1 aliphatic rings. The van der Waals surface area contributed by atoms with Crippen LogP contribution in [0.5, 0.6) is 0 Å². The highest BCUT2D eigenvalue weighted by molar-refractivity contribution is 5.72. The van der Waals surface area contributed by atoms with Crippen molar-refractivity contribution < 1.29 is 19.4 Å². The molecule has 0 radical (unpaired) electrons. The highest BCUT2D eigenvalue weighted by atomic mass is 16.5. The van der Waals surface area contributed by atoms with E-state index in [2.05, 4.69) is 4.74 Å². The van der Waals surface area contributed by atoms with Crippen molar-refractivity contribution in [2.24, 2.45) is 5.92 Å². The van der Waals surface area contributed by atoms with Crippen LogP contribution in [0.2, 0.25) is 0 Å². The monoisotopic (exact) mass is 188 g/mol. The molecular formula is C9H16O4. The van der Waals surface area contributed by atoms with Gasteiger partial charge in [0.25, 0.3) is 0 Å². The molecule has 1 fully saturated rings. The van der Waals surface area contributed by atoms with E-state index in [1.165, 1.54) is 7.11 Å². The fourth-order valence-electron chi connectivity index (χ4n) is 1.57. The first-order valence-corrected chi connectivity index (χ1v) is 4.53. The van der Waals surface area contributed by atoms with Crippen LogP contribution in [0, 0.1) is 5.92 Å². The lowest BCUT2D eigenvalue weighted by Crippen LogP contribution is -2.27. The van der Waals surface area contributed by atoms with Gasteiger partial charge in [0.15, 0.2) is 0 Å². The molecule has 1 saturated heterocycles. The highest BCUT2D eigenvalue weighted by Gasteiger charge is 2.32. The van der Waals surface area contributed by atoms with Crippen molar-refractivity contribution in [1.29, 1.82) is 0 Å². The van der Waals surface area contributed by atoms with Crippen LogP contribution in [-0.2, 0) is 14.3 Å². The minimum atomic E-state index is -0.247. The molecule has 0 aromatic rings. The van der Waals surface area contributed by atoms with E-state index in [9.17, 15) is 4.79 Å². The molecule has 1 N–H and O–H groups in total. The maximum absolute atomic E-state index is 11.1. The fourth-order valence-corrected chi connectivity index (χ4v) is 1.57. The van der Waals surface area contributed by atoms with Crippen molar-refractivity contribution in [3.63, 3.8) is 0 Å². The summed E-state index contributed by atoms with van der Waals surface area (Å²) in [5.74, 6) is -0.481. The minimum Gasteiger partial charge on any atom is -0.469 e. The Kier molecular flexibility index (Phi) is 3.69. The maximum Gasteiger partial charge on any atom is 0.311 e. The number of ether oxygens (including phenoxy) is 2. The van der Waals surface area contributed by atoms with E-state index in [4.69, 9.17) is 9.84 Å². The number of aliphatic hydroxyl groups is 1. The van der Waals surface area contributed by atoms with Crippen molar-refractivity contribution in [2.45, 2.75) is 32.0 Å². The predicted octanol–water partition coefficient (Wildman–Crippen LogP) is 0.335. The Labute approximate surface area is 77.8 Å². The molecule has 0 saturated carbocycles. The van der Waals surface area contributed by atoms with Crippen LogP contribution in [0.25, 0.3) is 0 Å². The Hall–Kier alpha value is -0.610. The Morgan fingerprint density at radius 3 is 2.85 bits per heavy atom. The lowest BCUT2D eigenvalue weighted by Gasteiger charge is -2.17. The minimum absolute atomic E-state index is 0.0321. The topological polar surface area (TPSA) is 55.8 Å². The van der Waals surface area contributed by atoms with E-state index in [0.717, 1.165) is 12.8 Å². The number of hydrogen-bond acceptors (Lipinski definition) is 4. The lowest BCUT2D eigenvalue weighted by atomic mass is 10.0. The molecule has 0 unspecified atom stereocenters. The number of rotatable bonds is 3. The molecule has 0 amide bonds. The zero-order valence-electron chi connectivity index (χ0n) is 8.03. The molecule has 0 aliphatic carbocycles. The summed E-state index contributed by atoms with van der Waals surface area (Å²) in [7, 11) is 1.37. The second kappa shape index (κ2) is 4.58. The molecule has 76 valence electrons. The zero-order chi connectivity index (χ0) is 9.84. The van der Waals surface area contributed by atoms with Crippen LogP contribution in [0.4, 0.5) is 0 Å². The third-order valence-corrected chi connectivity index (χ3v) is 2.47. The third kappa shape index (κ3) is 2.42. The Balaban J connectivity index is 2.41. The first kappa shape index (κ1) is 10.5. The number of carbonyl (C=O) groups is 1. The van der Waals surface area contributed by atoms with Gasteiger partial charge in [-0.2, -0.15) is 0 Å². The summed E-state index contributed by atoms with van der Waals surface area (Å²) < 4.78 is 10.1. The quantitative estimate of drug-likeness (QED) is 0.649. The third-order valence-electron chi connectivity index (χ3n) is 2.47. The van der Waals surface area contributed by atoms with Crippen LogP contribution in [0.15, 0.2) is 0 Å². The molecule has 1 rings (SSSR count). The van der Waals surface area contributed by atoms with Gasteiger partial charge in [-0.15, -0.1) is 0 Å². The molecule has 1 aliphatic heterocycles. The summed E-state index contributed by atoms with van der Waals surface area (Å²) in [6, 6.07) is 0. The summed E-state index contributed by atoms with van der Waals surface area (Å²) in [6.07, 6.45) is 1.45. The lowest BCUT2D eigenvalue weighted by molar-refractivity contribution is -0.150. The summed E-state index contributed by atoms with van der Waals surface area (Å²) in [5, 5.41) is 8.82. The predicted molar refractivity (Wildman–Crippen MR) is 46.2 cm³/mol. The van der Waals surface area contributed by atoms with E-state index >= 15 is 0 Å². The van der Waals surface area contributed by atoms with Gasteiger partial charge in [-0.05, 0) is 19.8 Å². The fraction of sp³-hybridized carbons (Fsp3) is 0.889. The second-order valence-corrected chi connectivity index (χ2v) is 3.37.